The fourth-order valence-corrected chi connectivity index (χ4v) is 1.81. The van der Waals surface area contributed by atoms with Crippen LogP contribution in [0.3, 0.4) is 0 Å². The first-order valence-corrected chi connectivity index (χ1v) is 4.59. The molecule has 0 aliphatic heterocycles. The Hall–Kier alpha value is -1.60. The maximum absolute atomic E-state index is 10.3. The normalized spacial score (nSPS) is 30.6. The van der Waals surface area contributed by atoms with Crippen LogP contribution in [-0.4, -0.2) is 21.9 Å². The van der Waals surface area contributed by atoms with Crippen LogP contribution in [0, 0.1) is 20.2 Å². The summed E-state index contributed by atoms with van der Waals surface area (Å²) in [6.07, 6.45) is 1.39. The van der Waals surface area contributed by atoms with Crippen LogP contribution in [0.1, 0.15) is 32.6 Å². The molecule has 1 rings (SSSR count). The Morgan fingerprint density at radius 3 is 2.47 bits per heavy atom. The molecule has 0 N–H and O–H groups in total. The van der Waals surface area contributed by atoms with E-state index in [0.717, 1.165) is 12.8 Å². The van der Waals surface area contributed by atoms with Crippen molar-refractivity contribution in [1.29, 1.82) is 0 Å². The third kappa shape index (κ3) is 2.93. The van der Waals surface area contributed by atoms with E-state index >= 15 is 0 Å². The van der Waals surface area contributed by atoms with Crippen LogP contribution in [0.5, 0.6) is 0 Å². The molecule has 0 aromatic heterocycles. The van der Waals surface area contributed by atoms with Crippen molar-refractivity contribution in [1.82, 2.24) is 0 Å². The summed E-state index contributed by atoms with van der Waals surface area (Å²) in [5.74, 6) is 0. The van der Waals surface area contributed by atoms with Crippen molar-refractivity contribution in [2.45, 2.75) is 44.3 Å². The molecule has 1 aliphatic carbocycles. The van der Waals surface area contributed by atoms with Gasteiger partial charge in [-0.05, 0) is 19.8 Å². The summed E-state index contributed by atoms with van der Waals surface area (Å²) in [4.78, 5) is 29.3. The monoisotopic (exact) mass is 220 g/mol. The van der Waals surface area contributed by atoms with Crippen molar-refractivity contribution < 1.29 is 19.8 Å². The maximum atomic E-state index is 10.3. The predicted molar refractivity (Wildman–Crippen MR) is 46.8 cm³/mol. The Kier molecular flexibility index (Phi) is 3.28. The van der Waals surface area contributed by atoms with E-state index in [1.54, 1.807) is 0 Å². The summed E-state index contributed by atoms with van der Waals surface area (Å²) >= 11 is 0. The minimum Gasteiger partial charge on any atom is -0.308 e. The molecular weight excluding hydrogens is 208 g/mol. The molecule has 1 saturated carbocycles. The molecule has 1 fully saturated rings. The second-order valence-corrected chi connectivity index (χ2v) is 3.69. The Morgan fingerprint density at radius 1 is 1.27 bits per heavy atom. The number of nitrogens with zero attached hydrogens (tertiary/aromatic N) is 2. The first-order valence-electron chi connectivity index (χ1n) is 4.59. The molecule has 2 unspecified atom stereocenters. The van der Waals surface area contributed by atoms with Crippen LogP contribution >= 0.6 is 0 Å². The molecule has 8 nitrogen and oxygen atoms in total. The Labute approximate surface area is 85.4 Å². The van der Waals surface area contributed by atoms with Gasteiger partial charge in [-0.1, -0.05) is 12.8 Å². The van der Waals surface area contributed by atoms with Gasteiger partial charge in [0.25, 0.3) is 10.2 Å². The minimum absolute atomic E-state index is 0.381. The SMILES string of the molecule is CC1(O[N+](=O)[O-])CCCCC1O[N+](=O)[O-]. The Balaban J connectivity index is 2.71. The maximum Gasteiger partial charge on any atom is 0.295 e. The molecule has 0 saturated heterocycles. The van der Waals surface area contributed by atoms with Gasteiger partial charge in [-0.2, -0.15) is 0 Å². The second kappa shape index (κ2) is 4.28. The number of rotatable bonds is 4. The minimum atomic E-state index is -1.21. The van der Waals surface area contributed by atoms with E-state index in [4.69, 9.17) is 0 Å². The third-order valence-corrected chi connectivity index (χ3v) is 2.57. The largest absolute Gasteiger partial charge is 0.308 e. The average Bonchev–Trinajstić information content (AvgIpc) is 2.07. The topological polar surface area (TPSA) is 105 Å². The molecule has 2 atom stereocenters. The van der Waals surface area contributed by atoms with Crippen LogP contribution in [0.15, 0.2) is 0 Å². The molecule has 0 aromatic rings. The van der Waals surface area contributed by atoms with Crippen LogP contribution in [0.25, 0.3) is 0 Å². The molecule has 0 aromatic carbocycles. The van der Waals surface area contributed by atoms with Gasteiger partial charge in [-0.25, -0.2) is 0 Å². The molecule has 0 radical (unpaired) electrons. The Bertz CT molecular complexity index is 270. The molecule has 8 heteroatoms. The lowest BCUT2D eigenvalue weighted by molar-refractivity contribution is -0.810. The van der Waals surface area contributed by atoms with Gasteiger partial charge in [0.05, 0.1) is 0 Å². The van der Waals surface area contributed by atoms with Gasteiger partial charge in [0.1, 0.15) is 11.7 Å². The second-order valence-electron chi connectivity index (χ2n) is 3.69. The van der Waals surface area contributed by atoms with Crippen LogP contribution in [0.4, 0.5) is 0 Å². The molecule has 0 bridgehead atoms. The van der Waals surface area contributed by atoms with Crippen molar-refractivity contribution in [3.63, 3.8) is 0 Å². The first-order chi connectivity index (χ1) is 6.94. The summed E-state index contributed by atoms with van der Waals surface area (Å²) in [5.41, 5.74) is -1.21. The summed E-state index contributed by atoms with van der Waals surface area (Å²) in [6, 6.07) is 0. The van der Waals surface area contributed by atoms with Gasteiger partial charge in [-0.15, -0.1) is 20.2 Å². The van der Waals surface area contributed by atoms with E-state index in [2.05, 4.69) is 9.68 Å². The zero-order chi connectivity index (χ0) is 11.5. The zero-order valence-electron chi connectivity index (χ0n) is 8.25. The lowest BCUT2D eigenvalue weighted by atomic mass is 9.84. The summed E-state index contributed by atoms with van der Waals surface area (Å²) in [5, 5.41) is 18.6. The molecular formula is C7H12N2O6. The highest BCUT2D eigenvalue weighted by Gasteiger charge is 2.42. The molecule has 15 heavy (non-hydrogen) atoms. The molecule has 0 spiro atoms. The van der Waals surface area contributed by atoms with Crippen LogP contribution in [0.2, 0.25) is 0 Å². The molecule has 86 valence electrons. The average molecular weight is 220 g/mol. The highest BCUT2D eigenvalue weighted by Crippen LogP contribution is 2.33. The zero-order valence-corrected chi connectivity index (χ0v) is 8.25. The van der Waals surface area contributed by atoms with Gasteiger partial charge in [0.2, 0.25) is 0 Å². The van der Waals surface area contributed by atoms with Gasteiger partial charge in [0.15, 0.2) is 0 Å². The van der Waals surface area contributed by atoms with Crippen LogP contribution in [-0.2, 0) is 9.68 Å². The molecule has 1 aliphatic rings. The standard InChI is InChI=1S/C7H12N2O6/c1-7(15-9(12)13)5-3-2-4-6(7)14-8(10)11/h6H,2-5H2,1H3. The number of hydrogen-bond acceptors (Lipinski definition) is 6. The molecule has 0 heterocycles. The summed E-state index contributed by atoms with van der Waals surface area (Å²) in [7, 11) is 0. The van der Waals surface area contributed by atoms with Crippen molar-refractivity contribution in [3.8, 4) is 0 Å². The van der Waals surface area contributed by atoms with Gasteiger partial charge < -0.3 is 9.68 Å². The smallest absolute Gasteiger partial charge is 0.295 e. The van der Waals surface area contributed by atoms with Crippen molar-refractivity contribution in [2.75, 3.05) is 0 Å². The lowest BCUT2D eigenvalue weighted by Crippen LogP contribution is -2.48. The van der Waals surface area contributed by atoms with Gasteiger partial charge in [0, 0.05) is 0 Å². The van der Waals surface area contributed by atoms with Crippen molar-refractivity contribution in [2.24, 2.45) is 0 Å². The van der Waals surface area contributed by atoms with E-state index < -0.39 is 21.9 Å². The van der Waals surface area contributed by atoms with Gasteiger partial charge in [-0.3, -0.25) is 0 Å². The summed E-state index contributed by atoms with van der Waals surface area (Å²) in [6.45, 7) is 1.46. The number of hydrogen-bond donors (Lipinski definition) is 0. The van der Waals surface area contributed by atoms with Crippen molar-refractivity contribution >= 4 is 0 Å². The highest BCUT2D eigenvalue weighted by molar-refractivity contribution is 4.87. The molecule has 0 amide bonds. The quantitative estimate of drug-likeness (QED) is 0.519. The van der Waals surface area contributed by atoms with Crippen LogP contribution < -0.4 is 0 Å². The van der Waals surface area contributed by atoms with E-state index in [9.17, 15) is 20.2 Å². The van der Waals surface area contributed by atoms with Crippen molar-refractivity contribution in [3.05, 3.63) is 20.2 Å². The predicted octanol–water partition coefficient (Wildman–Crippen LogP) is 1.10. The summed E-state index contributed by atoms with van der Waals surface area (Å²) < 4.78 is 0. The fourth-order valence-electron chi connectivity index (χ4n) is 1.81. The lowest BCUT2D eigenvalue weighted by Gasteiger charge is -2.37. The highest BCUT2D eigenvalue weighted by atomic mass is 17.0. The van der Waals surface area contributed by atoms with E-state index in [-0.39, 0.29) is 0 Å². The van der Waals surface area contributed by atoms with E-state index in [1.807, 2.05) is 0 Å². The third-order valence-electron chi connectivity index (χ3n) is 2.57. The Morgan fingerprint density at radius 2 is 1.93 bits per heavy atom. The fraction of sp³-hybridized carbons (Fsp3) is 1.00. The van der Waals surface area contributed by atoms with E-state index in [0.29, 0.717) is 12.8 Å². The first kappa shape index (κ1) is 11.5. The van der Waals surface area contributed by atoms with Gasteiger partial charge >= 0.3 is 0 Å². The van der Waals surface area contributed by atoms with E-state index in [1.165, 1.54) is 6.92 Å².